The van der Waals surface area contributed by atoms with Crippen molar-refractivity contribution < 1.29 is 47.6 Å². The number of hydrogen-bond donors (Lipinski definition) is 6. The van der Waals surface area contributed by atoms with Crippen LogP contribution in [0.4, 0.5) is 5.69 Å². The third-order valence-electron chi connectivity index (χ3n) is 6.10. The van der Waals surface area contributed by atoms with E-state index in [0.29, 0.717) is 10.8 Å². The van der Waals surface area contributed by atoms with Gasteiger partial charge in [0, 0.05) is 37.5 Å². The van der Waals surface area contributed by atoms with Gasteiger partial charge >= 0.3 is 5.97 Å². The lowest BCUT2D eigenvalue weighted by Gasteiger charge is -2.41. The van der Waals surface area contributed by atoms with Gasteiger partial charge in [0.25, 0.3) is 0 Å². The fraction of sp³-hybridized carbons (Fsp3) is 0.458. The van der Waals surface area contributed by atoms with Gasteiger partial charge in [0.05, 0.1) is 17.9 Å². The summed E-state index contributed by atoms with van der Waals surface area (Å²) in [5.41, 5.74) is 6.01. The molecule has 2 amide bonds. The van der Waals surface area contributed by atoms with Crippen LogP contribution in [0.1, 0.15) is 13.3 Å². The summed E-state index contributed by atoms with van der Waals surface area (Å²) in [5, 5.41) is 33.3. The number of benzene rings is 2. The minimum absolute atomic E-state index is 0.171. The molecule has 7 N–H and O–H groups in total. The Morgan fingerprint density at radius 3 is 2.33 bits per heavy atom. The van der Waals surface area contributed by atoms with Crippen molar-refractivity contribution in [1.29, 1.82) is 0 Å². The van der Waals surface area contributed by atoms with Crippen molar-refractivity contribution in [2.45, 2.75) is 54.9 Å². The molecule has 6 atom stereocenters. The summed E-state index contributed by atoms with van der Waals surface area (Å²) in [6.07, 6.45) is -7.30. The Hall–Kier alpha value is -3.34. The Bertz CT molecular complexity index is 1340. The Morgan fingerprint density at radius 2 is 1.74 bits per heavy atom. The molecule has 1 aliphatic heterocycles. The van der Waals surface area contributed by atoms with Crippen molar-refractivity contribution in [1.82, 2.24) is 10.0 Å². The molecule has 2 aromatic rings. The van der Waals surface area contributed by atoms with E-state index in [1.807, 2.05) is 0 Å². The number of primary amides is 1. The SMILES string of the molecule is CC(=O)N[C@H]1[C@H](OC(=O)[C@H](CC(N)=O)NS(=O)(=O)c2cccc3c(N(C)C)cccc23)O[C@H](CO)[C@@H](O)[C@@H]1O. The molecule has 0 unspecified atom stereocenters. The summed E-state index contributed by atoms with van der Waals surface area (Å²) in [5.74, 6) is -3.01. The molecular weight excluding hydrogens is 536 g/mol. The van der Waals surface area contributed by atoms with Crippen LogP contribution >= 0.6 is 0 Å². The van der Waals surface area contributed by atoms with Gasteiger partial charge in [0.2, 0.25) is 28.1 Å². The van der Waals surface area contributed by atoms with Crippen molar-refractivity contribution in [2.24, 2.45) is 5.73 Å². The van der Waals surface area contributed by atoms with Crippen LogP contribution in [0.15, 0.2) is 41.3 Å². The van der Waals surface area contributed by atoms with Crippen LogP contribution in [0.25, 0.3) is 10.8 Å². The highest BCUT2D eigenvalue weighted by molar-refractivity contribution is 7.89. The van der Waals surface area contributed by atoms with Gasteiger partial charge in [0.15, 0.2) is 0 Å². The average molecular weight is 569 g/mol. The first kappa shape index (κ1) is 30.2. The molecule has 0 bridgehead atoms. The number of carbonyl (C=O) groups excluding carboxylic acids is 3. The number of sulfonamides is 1. The third kappa shape index (κ3) is 6.81. The summed E-state index contributed by atoms with van der Waals surface area (Å²) in [4.78, 5) is 38.1. The van der Waals surface area contributed by atoms with Crippen LogP contribution in [0.3, 0.4) is 0 Å². The zero-order valence-electron chi connectivity index (χ0n) is 21.5. The number of nitrogens with one attached hydrogen (secondary N) is 2. The number of aliphatic hydroxyl groups excluding tert-OH is 3. The molecule has 0 radical (unpaired) electrons. The van der Waals surface area contributed by atoms with Crippen molar-refractivity contribution in [3.63, 3.8) is 0 Å². The highest BCUT2D eigenvalue weighted by Gasteiger charge is 2.47. The first-order valence-corrected chi connectivity index (χ1v) is 13.3. The minimum Gasteiger partial charge on any atom is -0.432 e. The second-order valence-electron chi connectivity index (χ2n) is 9.24. The molecular formula is C24H32N4O10S. The Balaban J connectivity index is 1.93. The molecule has 0 saturated carbocycles. The van der Waals surface area contributed by atoms with E-state index < -0.39 is 77.5 Å². The molecule has 3 rings (SSSR count). The number of fused-ring (bicyclic) bond motifs is 1. The lowest BCUT2D eigenvalue weighted by molar-refractivity contribution is -0.264. The van der Waals surface area contributed by atoms with Crippen molar-refractivity contribution in [3.8, 4) is 0 Å². The summed E-state index contributed by atoms with van der Waals surface area (Å²) < 4.78 is 39.6. The van der Waals surface area contributed by atoms with Crippen LogP contribution in [-0.2, 0) is 33.9 Å². The molecule has 0 aromatic heterocycles. The number of hydrogen-bond acceptors (Lipinski definition) is 11. The average Bonchev–Trinajstić information content (AvgIpc) is 2.86. The number of esters is 1. The number of anilines is 1. The largest absolute Gasteiger partial charge is 0.432 e. The number of nitrogens with zero attached hydrogens (tertiary/aromatic N) is 1. The second kappa shape index (κ2) is 12.2. The molecule has 1 fully saturated rings. The van der Waals surface area contributed by atoms with E-state index in [1.54, 1.807) is 43.3 Å². The molecule has 15 heteroatoms. The third-order valence-corrected chi connectivity index (χ3v) is 7.63. The zero-order chi connectivity index (χ0) is 29.1. The summed E-state index contributed by atoms with van der Waals surface area (Å²) in [6.45, 7) is 0.332. The van der Waals surface area contributed by atoms with Gasteiger partial charge in [-0.3, -0.25) is 14.4 Å². The number of carbonyl (C=O) groups is 3. The van der Waals surface area contributed by atoms with Crippen LogP contribution < -0.4 is 20.7 Å². The summed E-state index contributed by atoms with van der Waals surface area (Å²) in [7, 11) is -0.849. The van der Waals surface area contributed by atoms with Crippen molar-refractivity contribution >= 4 is 44.3 Å². The molecule has 214 valence electrons. The lowest BCUT2D eigenvalue weighted by Crippen LogP contribution is -2.65. The highest BCUT2D eigenvalue weighted by atomic mass is 32.2. The maximum atomic E-state index is 13.4. The van der Waals surface area contributed by atoms with Crippen LogP contribution in [-0.4, -0.2) is 98.9 Å². The van der Waals surface area contributed by atoms with Crippen molar-refractivity contribution in [2.75, 3.05) is 25.6 Å². The normalized spacial score (nSPS) is 24.1. The van der Waals surface area contributed by atoms with Crippen LogP contribution in [0.2, 0.25) is 0 Å². The van der Waals surface area contributed by atoms with Gasteiger partial charge in [-0.1, -0.05) is 24.3 Å². The maximum absolute atomic E-state index is 13.4. The molecule has 1 aliphatic rings. The Morgan fingerprint density at radius 1 is 1.10 bits per heavy atom. The molecule has 2 aromatic carbocycles. The summed E-state index contributed by atoms with van der Waals surface area (Å²) in [6, 6.07) is 6.37. The molecule has 0 aliphatic carbocycles. The number of ether oxygens (including phenoxy) is 2. The number of amides is 2. The zero-order valence-corrected chi connectivity index (χ0v) is 22.3. The van der Waals surface area contributed by atoms with Crippen LogP contribution in [0, 0.1) is 0 Å². The fourth-order valence-electron chi connectivity index (χ4n) is 4.28. The smallest absolute Gasteiger partial charge is 0.327 e. The molecule has 0 spiro atoms. The fourth-order valence-corrected chi connectivity index (χ4v) is 5.69. The quantitative estimate of drug-likeness (QED) is 0.171. The maximum Gasteiger partial charge on any atom is 0.327 e. The van der Waals surface area contributed by atoms with Gasteiger partial charge in [-0.2, -0.15) is 4.72 Å². The second-order valence-corrected chi connectivity index (χ2v) is 10.9. The van der Waals surface area contributed by atoms with Crippen molar-refractivity contribution in [3.05, 3.63) is 36.4 Å². The molecule has 14 nitrogen and oxygen atoms in total. The van der Waals surface area contributed by atoms with E-state index in [2.05, 4.69) is 10.0 Å². The van der Waals surface area contributed by atoms with Gasteiger partial charge < -0.3 is 40.7 Å². The Kier molecular flexibility index (Phi) is 9.47. The van der Waals surface area contributed by atoms with Gasteiger partial charge in [-0.25, -0.2) is 8.42 Å². The molecule has 1 saturated heterocycles. The van der Waals surface area contributed by atoms with Gasteiger partial charge in [-0.15, -0.1) is 0 Å². The lowest BCUT2D eigenvalue weighted by atomic mass is 9.97. The monoisotopic (exact) mass is 568 g/mol. The first-order chi connectivity index (χ1) is 18.3. The predicted molar refractivity (Wildman–Crippen MR) is 138 cm³/mol. The topological polar surface area (TPSA) is 218 Å². The molecule has 39 heavy (non-hydrogen) atoms. The van der Waals surface area contributed by atoms with E-state index in [1.165, 1.54) is 12.1 Å². The van der Waals surface area contributed by atoms with E-state index in [9.17, 15) is 38.1 Å². The van der Waals surface area contributed by atoms with E-state index >= 15 is 0 Å². The van der Waals surface area contributed by atoms with E-state index in [0.717, 1.165) is 12.6 Å². The van der Waals surface area contributed by atoms with E-state index in [-0.39, 0.29) is 4.90 Å². The number of rotatable bonds is 10. The number of aliphatic hydroxyl groups is 3. The van der Waals surface area contributed by atoms with Crippen LogP contribution in [0.5, 0.6) is 0 Å². The first-order valence-electron chi connectivity index (χ1n) is 11.9. The highest BCUT2D eigenvalue weighted by Crippen LogP contribution is 2.30. The van der Waals surface area contributed by atoms with Gasteiger partial charge in [0.1, 0.15) is 30.4 Å². The predicted octanol–water partition coefficient (Wildman–Crippen LogP) is -2.08. The van der Waals surface area contributed by atoms with Gasteiger partial charge in [-0.05, 0) is 12.1 Å². The minimum atomic E-state index is -4.44. The standard InChI is InChI=1S/C24H32N4O10S/c1-12(30)26-20-22(33)21(32)17(11-29)37-24(20)38-23(34)15(10-19(25)31)27-39(35,36)18-9-5-6-13-14(18)7-4-8-16(13)28(2)3/h4-9,15,17,20-22,24,27,29,32-33H,10-11H2,1-3H3,(H2,25,31)(H,26,30)/t15-,17+,20+,21+,22+,24-/m0/s1. The Labute approximate surface area is 224 Å². The molecule has 1 heterocycles. The van der Waals surface area contributed by atoms with E-state index in [4.69, 9.17) is 15.2 Å². The summed E-state index contributed by atoms with van der Waals surface area (Å²) >= 11 is 0. The number of nitrogens with two attached hydrogens (primary N) is 1.